The molecule has 0 N–H and O–H groups in total. The largest absolute Gasteiger partial charge is 0.451 e. The lowest BCUT2D eigenvalue weighted by atomic mass is 9.98. The second-order valence-corrected chi connectivity index (χ2v) is 8.34. The van der Waals surface area contributed by atoms with Gasteiger partial charge in [0.1, 0.15) is 11.6 Å². The Kier molecular flexibility index (Phi) is 4.64. The van der Waals surface area contributed by atoms with E-state index in [9.17, 15) is 9.18 Å². The lowest BCUT2D eigenvalue weighted by Gasteiger charge is -2.31. The molecule has 1 aliphatic rings. The maximum Gasteiger partial charge on any atom is 0.289 e. The normalized spacial score (nSPS) is 17.0. The number of amides is 1. The molecule has 0 unspecified atom stereocenters. The van der Waals surface area contributed by atoms with Crippen molar-refractivity contribution in [3.05, 3.63) is 77.2 Å². The van der Waals surface area contributed by atoms with E-state index in [2.05, 4.69) is 6.07 Å². The molecule has 0 radical (unpaired) electrons. The summed E-state index contributed by atoms with van der Waals surface area (Å²) in [6.45, 7) is 1.36. The Morgan fingerprint density at radius 3 is 2.76 bits per heavy atom. The number of likely N-dealkylation sites (tertiary alicyclic amines) is 1. The molecule has 1 aliphatic heterocycles. The van der Waals surface area contributed by atoms with Crippen LogP contribution >= 0.6 is 11.3 Å². The number of hydrogen-bond donors (Lipinski definition) is 0. The molecule has 146 valence electrons. The second-order valence-electron chi connectivity index (χ2n) is 7.28. The molecule has 1 atom stereocenters. The van der Waals surface area contributed by atoms with Crippen molar-refractivity contribution in [2.24, 2.45) is 0 Å². The third kappa shape index (κ3) is 3.56. The van der Waals surface area contributed by atoms with Crippen LogP contribution in [0.4, 0.5) is 4.39 Å². The van der Waals surface area contributed by atoms with Crippen LogP contribution in [0.2, 0.25) is 0 Å². The van der Waals surface area contributed by atoms with Gasteiger partial charge in [0.2, 0.25) is 0 Å². The number of benzene rings is 2. The molecule has 6 heteroatoms. The highest BCUT2D eigenvalue weighted by Gasteiger charge is 2.29. The number of aromatic nitrogens is 1. The van der Waals surface area contributed by atoms with Gasteiger partial charge in [-0.1, -0.05) is 12.1 Å². The Labute approximate surface area is 171 Å². The third-order valence-corrected chi connectivity index (χ3v) is 6.51. The van der Waals surface area contributed by atoms with Crippen molar-refractivity contribution in [2.75, 3.05) is 13.1 Å². The Bertz CT molecular complexity index is 1130. The number of fused-ring (bicyclic) bond motifs is 1. The number of halogens is 1. The fraction of sp³-hybridized carbons (Fsp3) is 0.217. The SMILES string of the molecule is O=C(c1ccc(-c2ccc(F)cc2)o1)N1CCC[C@H](c2nc3ccccc3s2)C1. The Hall–Kier alpha value is -2.99. The highest BCUT2D eigenvalue weighted by atomic mass is 32.1. The number of para-hydroxylation sites is 1. The zero-order valence-corrected chi connectivity index (χ0v) is 16.5. The number of thiazole rings is 1. The minimum absolute atomic E-state index is 0.107. The van der Waals surface area contributed by atoms with Gasteiger partial charge in [0.15, 0.2) is 5.76 Å². The number of hydrogen-bond acceptors (Lipinski definition) is 4. The first-order valence-corrected chi connectivity index (χ1v) is 10.5. The van der Waals surface area contributed by atoms with Gasteiger partial charge in [0.25, 0.3) is 5.91 Å². The zero-order valence-electron chi connectivity index (χ0n) is 15.7. The third-order valence-electron chi connectivity index (χ3n) is 5.31. The highest BCUT2D eigenvalue weighted by Crippen LogP contribution is 2.33. The van der Waals surface area contributed by atoms with Crippen LogP contribution in [-0.2, 0) is 0 Å². The van der Waals surface area contributed by atoms with Crippen molar-refractivity contribution in [3.8, 4) is 11.3 Å². The monoisotopic (exact) mass is 406 g/mol. The molecular formula is C23H19FN2O2S. The highest BCUT2D eigenvalue weighted by molar-refractivity contribution is 7.18. The molecule has 29 heavy (non-hydrogen) atoms. The first-order valence-electron chi connectivity index (χ1n) is 9.68. The van der Waals surface area contributed by atoms with Crippen LogP contribution in [0.25, 0.3) is 21.5 Å². The molecule has 1 amide bonds. The smallest absolute Gasteiger partial charge is 0.289 e. The van der Waals surface area contributed by atoms with Crippen LogP contribution in [0.5, 0.6) is 0 Å². The maximum atomic E-state index is 13.1. The minimum atomic E-state index is -0.300. The summed E-state index contributed by atoms with van der Waals surface area (Å²) in [5, 5.41) is 1.09. The first-order chi connectivity index (χ1) is 14.2. The molecule has 2 aromatic heterocycles. The standard InChI is InChI=1S/C23H19FN2O2S/c24-17-9-7-15(8-10-17)19-11-12-20(28-19)23(27)26-13-3-4-16(14-26)22-25-18-5-1-2-6-21(18)29-22/h1-2,5-12,16H,3-4,13-14H2/t16-/m0/s1. The summed E-state index contributed by atoms with van der Waals surface area (Å²) in [7, 11) is 0. The lowest BCUT2D eigenvalue weighted by Crippen LogP contribution is -2.38. The molecule has 4 nitrogen and oxygen atoms in total. The van der Waals surface area contributed by atoms with Gasteiger partial charge in [-0.3, -0.25) is 4.79 Å². The van der Waals surface area contributed by atoms with E-state index in [-0.39, 0.29) is 17.6 Å². The molecule has 4 aromatic rings. The van der Waals surface area contributed by atoms with E-state index < -0.39 is 0 Å². The Balaban J connectivity index is 1.34. The van der Waals surface area contributed by atoms with E-state index in [0.29, 0.717) is 24.6 Å². The lowest BCUT2D eigenvalue weighted by molar-refractivity contribution is 0.0676. The summed E-state index contributed by atoms with van der Waals surface area (Å²) in [6, 6.07) is 17.6. The number of piperidine rings is 1. The molecule has 0 aliphatic carbocycles. The quantitative estimate of drug-likeness (QED) is 0.437. The summed E-state index contributed by atoms with van der Waals surface area (Å²) in [5.41, 5.74) is 1.77. The molecule has 0 spiro atoms. The molecule has 1 saturated heterocycles. The molecule has 0 saturated carbocycles. The maximum absolute atomic E-state index is 13.1. The molecule has 5 rings (SSSR count). The Morgan fingerprint density at radius 1 is 1.10 bits per heavy atom. The number of carbonyl (C=O) groups is 1. The van der Waals surface area contributed by atoms with Crippen LogP contribution in [0.3, 0.4) is 0 Å². The van der Waals surface area contributed by atoms with Crippen LogP contribution < -0.4 is 0 Å². The van der Waals surface area contributed by atoms with E-state index in [4.69, 9.17) is 9.40 Å². The fourth-order valence-electron chi connectivity index (χ4n) is 3.81. The van der Waals surface area contributed by atoms with Crippen molar-refractivity contribution in [2.45, 2.75) is 18.8 Å². The predicted octanol–water partition coefficient (Wildman–Crippen LogP) is 5.72. The fourth-order valence-corrected chi connectivity index (χ4v) is 4.90. The topological polar surface area (TPSA) is 46.3 Å². The summed E-state index contributed by atoms with van der Waals surface area (Å²) < 4.78 is 20.1. The molecule has 3 heterocycles. The van der Waals surface area contributed by atoms with E-state index in [1.807, 2.05) is 23.1 Å². The van der Waals surface area contributed by atoms with Crippen molar-refractivity contribution >= 4 is 27.5 Å². The molecule has 2 aromatic carbocycles. The second kappa shape index (κ2) is 7.44. The van der Waals surface area contributed by atoms with Gasteiger partial charge < -0.3 is 9.32 Å². The predicted molar refractivity (Wildman–Crippen MR) is 112 cm³/mol. The summed E-state index contributed by atoms with van der Waals surface area (Å²) in [5.74, 6) is 0.717. The van der Waals surface area contributed by atoms with Gasteiger partial charge in [-0.05, 0) is 61.4 Å². The van der Waals surface area contributed by atoms with E-state index in [1.54, 1.807) is 35.6 Å². The summed E-state index contributed by atoms with van der Waals surface area (Å²) in [4.78, 5) is 19.6. The average molecular weight is 406 g/mol. The number of furan rings is 1. The van der Waals surface area contributed by atoms with Crippen LogP contribution in [0, 0.1) is 5.82 Å². The number of rotatable bonds is 3. The van der Waals surface area contributed by atoms with Crippen molar-refractivity contribution in [3.63, 3.8) is 0 Å². The molecule has 1 fully saturated rings. The van der Waals surface area contributed by atoms with Gasteiger partial charge in [0.05, 0.1) is 15.2 Å². The zero-order chi connectivity index (χ0) is 19.8. The van der Waals surface area contributed by atoms with Crippen molar-refractivity contribution in [1.82, 2.24) is 9.88 Å². The van der Waals surface area contributed by atoms with Crippen LogP contribution in [0.1, 0.15) is 34.3 Å². The number of nitrogens with zero attached hydrogens (tertiary/aromatic N) is 2. The van der Waals surface area contributed by atoms with Crippen molar-refractivity contribution < 1.29 is 13.6 Å². The number of carbonyl (C=O) groups excluding carboxylic acids is 1. The molecule has 0 bridgehead atoms. The van der Waals surface area contributed by atoms with Crippen LogP contribution in [0.15, 0.2) is 65.1 Å². The van der Waals surface area contributed by atoms with Gasteiger partial charge in [-0.15, -0.1) is 11.3 Å². The summed E-state index contributed by atoms with van der Waals surface area (Å²) >= 11 is 1.71. The van der Waals surface area contributed by atoms with Gasteiger partial charge in [-0.25, -0.2) is 9.37 Å². The van der Waals surface area contributed by atoms with Crippen molar-refractivity contribution in [1.29, 1.82) is 0 Å². The Morgan fingerprint density at radius 2 is 1.93 bits per heavy atom. The van der Waals surface area contributed by atoms with E-state index in [0.717, 1.165) is 28.9 Å². The van der Waals surface area contributed by atoms with Gasteiger partial charge >= 0.3 is 0 Å². The van der Waals surface area contributed by atoms with E-state index in [1.165, 1.54) is 16.8 Å². The minimum Gasteiger partial charge on any atom is -0.451 e. The van der Waals surface area contributed by atoms with Gasteiger partial charge in [0, 0.05) is 24.6 Å². The molecular weight excluding hydrogens is 387 g/mol. The first kappa shape index (κ1) is 18.1. The summed E-state index contributed by atoms with van der Waals surface area (Å²) in [6.07, 6.45) is 1.97. The van der Waals surface area contributed by atoms with E-state index >= 15 is 0 Å². The van der Waals surface area contributed by atoms with Gasteiger partial charge in [-0.2, -0.15) is 0 Å². The average Bonchev–Trinajstić information content (AvgIpc) is 3.41. The van der Waals surface area contributed by atoms with Crippen LogP contribution in [-0.4, -0.2) is 28.9 Å².